The van der Waals surface area contributed by atoms with E-state index in [2.05, 4.69) is 14.9 Å². The molecule has 1 aliphatic heterocycles. The highest BCUT2D eigenvalue weighted by Gasteiger charge is 2.24. The molecule has 5 nitrogen and oxygen atoms in total. The van der Waals surface area contributed by atoms with E-state index in [1.165, 1.54) is 0 Å². The molecule has 0 saturated carbocycles. The van der Waals surface area contributed by atoms with Gasteiger partial charge in [0, 0.05) is 18.3 Å². The summed E-state index contributed by atoms with van der Waals surface area (Å²) in [7, 11) is -3.53. The van der Waals surface area contributed by atoms with E-state index < -0.39 is 10.0 Å². The Morgan fingerprint density at radius 1 is 1.18 bits per heavy atom. The lowest BCUT2D eigenvalue weighted by atomic mass is 10.00. The van der Waals surface area contributed by atoms with Crippen molar-refractivity contribution in [1.82, 2.24) is 4.72 Å². The molecule has 0 spiro atoms. The van der Waals surface area contributed by atoms with Crippen LogP contribution in [0.1, 0.15) is 5.56 Å². The van der Waals surface area contributed by atoms with Gasteiger partial charge in [-0.2, -0.15) is 0 Å². The Morgan fingerprint density at radius 2 is 1.95 bits per heavy atom. The molecule has 112 valence electrons. The van der Waals surface area contributed by atoms with E-state index in [0.29, 0.717) is 18.7 Å². The van der Waals surface area contributed by atoms with Crippen molar-refractivity contribution in [2.24, 2.45) is 0 Å². The summed E-state index contributed by atoms with van der Waals surface area (Å²) in [5.41, 5.74) is 2.48. The van der Waals surface area contributed by atoms with Gasteiger partial charge in [0.05, 0.1) is 11.5 Å². The topological polar surface area (TPSA) is 62.6 Å². The maximum atomic E-state index is 12.3. The molecule has 2 aromatic rings. The summed E-state index contributed by atoms with van der Waals surface area (Å²) in [5, 5.41) is 3.21. The Balaban J connectivity index is 1.79. The van der Waals surface area contributed by atoms with Gasteiger partial charge in [-0.1, -0.05) is 30.3 Å². The number of nitrogens with zero attached hydrogens (tertiary/aromatic N) is 1. The summed E-state index contributed by atoms with van der Waals surface area (Å²) in [6, 6.07) is 13.5. The highest BCUT2D eigenvalue weighted by molar-refractivity contribution is 7.89. The molecule has 0 aromatic heterocycles. The summed E-state index contributed by atoms with van der Waals surface area (Å²) >= 11 is 0. The van der Waals surface area contributed by atoms with E-state index in [1.807, 2.05) is 6.07 Å². The fourth-order valence-corrected chi connectivity index (χ4v) is 3.79. The third-order valence-corrected chi connectivity index (χ3v) is 5.13. The van der Waals surface area contributed by atoms with Crippen LogP contribution in [0.15, 0.2) is 53.4 Å². The van der Waals surface area contributed by atoms with Gasteiger partial charge in [-0.25, -0.2) is 18.0 Å². The predicted octanol–water partition coefficient (Wildman–Crippen LogP) is 2.55. The summed E-state index contributed by atoms with van der Waals surface area (Å²) in [5.74, 6) is 0. The molecule has 1 heterocycles. The van der Waals surface area contributed by atoms with Crippen LogP contribution >= 0.6 is 0 Å². The number of benzene rings is 2. The van der Waals surface area contributed by atoms with E-state index in [9.17, 15) is 8.42 Å². The number of hydrogen-bond donors (Lipinski definition) is 2. The van der Waals surface area contributed by atoms with E-state index in [0.717, 1.165) is 11.3 Å². The van der Waals surface area contributed by atoms with E-state index in [1.54, 1.807) is 42.5 Å². The Morgan fingerprint density at radius 3 is 2.68 bits per heavy atom. The van der Waals surface area contributed by atoms with E-state index in [-0.39, 0.29) is 10.9 Å². The monoisotopic (exact) mass is 313 g/mol. The fourth-order valence-electron chi connectivity index (χ4n) is 2.53. The smallest absolute Gasteiger partial charge is 0.240 e. The van der Waals surface area contributed by atoms with Gasteiger partial charge in [0.2, 0.25) is 10.0 Å². The summed E-state index contributed by atoms with van der Waals surface area (Å²) < 4.78 is 27.4. The van der Waals surface area contributed by atoms with Crippen LogP contribution in [0.25, 0.3) is 4.85 Å². The molecule has 6 heteroatoms. The van der Waals surface area contributed by atoms with Crippen molar-refractivity contribution in [1.29, 1.82) is 0 Å². The van der Waals surface area contributed by atoms with Crippen molar-refractivity contribution in [3.05, 3.63) is 65.5 Å². The standard InChI is InChI=1S/C16H15N3O2S/c1-17-13-7-8-16-12(9-13)10-14(11-18-16)19-22(20,21)15-5-3-2-4-6-15/h2-9,14,18-19H,10-11H2/t14-/m0/s1. The maximum absolute atomic E-state index is 12.3. The zero-order valence-corrected chi connectivity index (χ0v) is 12.6. The number of nitrogens with one attached hydrogen (secondary N) is 2. The lowest BCUT2D eigenvalue weighted by molar-refractivity contribution is 0.549. The third-order valence-electron chi connectivity index (χ3n) is 3.60. The second-order valence-corrected chi connectivity index (χ2v) is 6.88. The molecule has 2 N–H and O–H groups in total. The van der Waals surface area contributed by atoms with E-state index in [4.69, 9.17) is 6.57 Å². The number of hydrogen-bond acceptors (Lipinski definition) is 3. The molecule has 0 fully saturated rings. The molecule has 0 radical (unpaired) electrons. The predicted molar refractivity (Wildman–Crippen MR) is 85.4 cm³/mol. The lowest BCUT2D eigenvalue weighted by Crippen LogP contribution is -2.43. The number of rotatable bonds is 3. The molecule has 0 bridgehead atoms. The van der Waals surface area contributed by atoms with Crippen molar-refractivity contribution in [2.75, 3.05) is 11.9 Å². The minimum atomic E-state index is -3.53. The van der Waals surface area contributed by atoms with Gasteiger partial charge in [0.15, 0.2) is 5.69 Å². The Bertz CT molecular complexity index is 826. The molecule has 2 aromatic carbocycles. The Hall–Kier alpha value is -2.36. The first-order valence-electron chi connectivity index (χ1n) is 6.90. The minimum absolute atomic E-state index is 0.237. The zero-order valence-electron chi connectivity index (χ0n) is 11.8. The highest BCUT2D eigenvalue weighted by atomic mass is 32.2. The molecular formula is C16H15N3O2S. The minimum Gasteiger partial charge on any atom is -0.383 e. The molecule has 0 amide bonds. The van der Waals surface area contributed by atoms with Gasteiger partial charge in [0.25, 0.3) is 0 Å². The van der Waals surface area contributed by atoms with Crippen LogP contribution in [-0.4, -0.2) is 21.0 Å². The maximum Gasteiger partial charge on any atom is 0.240 e. The Kier molecular flexibility index (Phi) is 3.84. The van der Waals surface area contributed by atoms with Crippen LogP contribution in [-0.2, 0) is 16.4 Å². The molecular weight excluding hydrogens is 298 g/mol. The third kappa shape index (κ3) is 2.96. The summed E-state index contributed by atoms with van der Waals surface area (Å²) in [4.78, 5) is 3.67. The summed E-state index contributed by atoms with van der Waals surface area (Å²) in [6.45, 7) is 7.59. The molecule has 0 saturated heterocycles. The quantitative estimate of drug-likeness (QED) is 0.856. The Labute approximate surface area is 129 Å². The van der Waals surface area contributed by atoms with Gasteiger partial charge in [0.1, 0.15) is 0 Å². The number of anilines is 1. The number of fused-ring (bicyclic) bond motifs is 1. The number of sulfonamides is 1. The van der Waals surface area contributed by atoms with Gasteiger partial charge in [-0.3, -0.25) is 0 Å². The second kappa shape index (κ2) is 5.79. The van der Waals surface area contributed by atoms with Gasteiger partial charge in [-0.15, -0.1) is 0 Å². The van der Waals surface area contributed by atoms with Crippen molar-refractivity contribution in [3.8, 4) is 0 Å². The molecule has 1 aliphatic rings. The van der Waals surface area contributed by atoms with Gasteiger partial charge < -0.3 is 5.32 Å². The summed E-state index contributed by atoms with van der Waals surface area (Å²) in [6.07, 6.45) is 0.567. The normalized spacial score (nSPS) is 17.1. The first-order chi connectivity index (χ1) is 10.6. The van der Waals surface area contributed by atoms with Crippen molar-refractivity contribution < 1.29 is 8.42 Å². The van der Waals surface area contributed by atoms with E-state index >= 15 is 0 Å². The molecule has 0 unspecified atom stereocenters. The molecule has 0 aliphatic carbocycles. The van der Waals surface area contributed by atoms with Crippen molar-refractivity contribution in [3.63, 3.8) is 0 Å². The fraction of sp³-hybridized carbons (Fsp3) is 0.188. The molecule has 22 heavy (non-hydrogen) atoms. The second-order valence-electron chi connectivity index (χ2n) is 5.17. The van der Waals surface area contributed by atoms with Crippen LogP contribution in [0.4, 0.5) is 11.4 Å². The van der Waals surface area contributed by atoms with Crippen LogP contribution in [0.5, 0.6) is 0 Å². The largest absolute Gasteiger partial charge is 0.383 e. The SMILES string of the molecule is [C-]#[N+]c1ccc2c(c1)C[C@H](NS(=O)(=O)c1ccccc1)CN2. The van der Waals surface area contributed by atoms with Crippen LogP contribution in [0, 0.1) is 6.57 Å². The van der Waals surface area contributed by atoms with Gasteiger partial charge in [-0.05, 0) is 30.2 Å². The zero-order chi connectivity index (χ0) is 15.6. The van der Waals surface area contributed by atoms with Crippen LogP contribution in [0.2, 0.25) is 0 Å². The van der Waals surface area contributed by atoms with Crippen LogP contribution < -0.4 is 10.0 Å². The van der Waals surface area contributed by atoms with Crippen molar-refractivity contribution >= 4 is 21.4 Å². The first kappa shape index (κ1) is 14.6. The molecule has 3 rings (SSSR count). The highest BCUT2D eigenvalue weighted by Crippen LogP contribution is 2.27. The lowest BCUT2D eigenvalue weighted by Gasteiger charge is -2.27. The average Bonchev–Trinajstić information content (AvgIpc) is 2.54. The van der Waals surface area contributed by atoms with Crippen molar-refractivity contribution in [2.45, 2.75) is 17.4 Å². The average molecular weight is 313 g/mol. The van der Waals surface area contributed by atoms with Crippen LogP contribution in [0.3, 0.4) is 0 Å². The van der Waals surface area contributed by atoms with Gasteiger partial charge >= 0.3 is 0 Å². The first-order valence-corrected chi connectivity index (χ1v) is 8.38. The molecule has 1 atom stereocenters.